The van der Waals surface area contributed by atoms with Crippen molar-refractivity contribution in [1.29, 1.82) is 0 Å². The van der Waals surface area contributed by atoms with Gasteiger partial charge in [0, 0.05) is 26.2 Å². The number of rotatable bonds is 5. The van der Waals surface area contributed by atoms with Crippen LogP contribution in [0.25, 0.3) is 5.69 Å². The molecule has 0 spiro atoms. The van der Waals surface area contributed by atoms with Crippen LogP contribution in [0.4, 0.5) is 10.7 Å². The van der Waals surface area contributed by atoms with E-state index in [1.54, 1.807) is 0 Å². The number of aryl methyl sites for hydroxylation is 1. The van der Waals surface area contributed by atoms with Crippen molar-refractivity contribution >= 4 is 29.6 Å². The summed E-state index contributed by atoms with van der Waals surface area (Å²) in [4.78, 5) is 27.5. The van der Waals surface area contributed by atoms with Crippen LogP contribution in [0.5, 0.6) is 0 Å². The van der Waals surface area contributed by atoms with Crippen LogP contribution >= 0.6 is 11.8 Å². The Kier molecular flexibility index (Phi) is 5.49. The van der Waals surface area contributed by atoms with E-state index in [0.717, 1.165) is 30.3 Å². The Hall–Kier alpha value is -2.59. The fourth-order valence-corrected chi connectivity index (χ4v) is 3.98. The number of nitrogens with one attached hydrogen (secondary N) is 1. The molecular weight excluding hydrogens is 380 g/mol. The Balaban J connectivity index is 1.59. The van der Waals surface area contributed by atoms with Gasteiger partial charge in [-0.05, 0) is 19.1 Å². The molecule has 0 atom stereocenters. The lowest BCUT2D eigenvalue weighted by Crippen LogP contribution is -2.38. The smallest absolute Gasteiger partial charge is 0.324 e. The van der Waals surface area contributed by atoms with E-state index in [1.807, 2.05) is 35.8 Å². The largest absolute Gasteiger partial charge is 0.378 e. The molecule has 9 nitrogen and oxygen atoms in total. The zero-order chi connectivity index (χ0) is 19.5. The number of morpholine rings is 1. The van der Waals surface area contributed by atoms with Crippen LogP contribution in [0.1, 0.15) is 5.56 Å². The Morgan fingerprint density at radius 2 is 1.93 bits per heavy atom. The number of carbonyl (C=O) groups excluding carboxylic acids is 2. The highest BCUT2D eigenvalue weighted by Crippen LogP contribution is 2.27. The second kappa shape index (κ2) is 8.19. The zero-order valence-corrected chi connectivity index (χ0v) is 16.4. The summed E-state index contributed by atoms with van der Waals surface area (Å²) in [6.07, 6.45) is 0. The van der Waals surface area contributed by atoms with Gasteiger partial charge in [0.2, 0.25) is 11.9 Å². The number of amides is 3. The molecule has 1 N–H and O–H groups in total. The van der Waals surface area contributed by atoms with Crippen LogP contribution in [0, 0.1) is 6.92 Å². The topological polar surface area (TPSA) is 92.6 Å². The van der Waals surface area contributed by atoms with E-state index in [-0.39, 0.29) is 17.7 Å². The molecule has 3 heterocycles. The summed E-state index contributed by atoms with van der Waals surface area (Å²) in [7, 11) is 0. The maximum Gasteiger partial charge on any atom is 0.324 e. The molecule has 0 unspecified atom stereocenters. The van der Waals surface area contributed by atoms with E-state index < -0.39 is 0 Å². The zero-order valence-electron chi connectivity index (χ0n) is 15.6. The van der Waals surface area contributed by atoms with Gasteiger partial charge in [0.25, 0.3) is 0 Å². The van der Waals surface area contributed by atoms with Crippen LogP contribution in [-0.4, -0.2) is 76.7 Å². The van der Waals surface area contributed by atoms with Gasteiger partial charge in [-0.15, -0.1) is 10.2 Å². The molecule has 2 aliphatic heterocycles. The minimum absolute atomic E-state index is 0.126. The number of urea groups is 1. The summed E-state index contributed by atoms with van der Waals surface area (Å²) in [5.74, 6) is 0.632. The second-order valence-electron chi connectivity index (χ2n) is 6.62. The highest BCUT2D eigenvalue weighted by molar-refractivity contribution is 7.99. The van der Waals surface area contributed by atoms with E-state index in [2.05, 4.69) is 20.4 Å². The van der Waals surface area contributed by atoms with Crippen molar-refractivity contribution in [3.8, 4) is 5.69 Å². The first kappa shape index (κ1) is 18.8. The number of ether oxygens (including phenoxy) is 1. The van der Waals surface area contributed by atoms with E-state index in [1.165, 1.54) is 16.7 Å². The fraction of sp³-hybridized carbons (Fsp3) is 0.444. The second-order valence-corrected chi connectivity index (χ2v) is 7.56. The summed E-state index contributed by atoms with van der Waals surface area (Å²) in [5.41, 5.74) is 2.10. The lowest BCUT2D eigenvalue weighted by atomic mass is 10.2. The van der Waals surface area contributed by atoms with E-state index >= 15 is 0 Å². The van der Waals surface area contributed by atoms with E-state index in [4.69, 9.17) is 4.74 Å². The Morgan fingerprint density at radius 3 is 2.61 bits per heavy atom. The maximum atomic E-state index is 12.4. The quantitative estimate of drug-likeness (QED) is 0.748. The third-order valence-electron chi connectivity index (χ3n) is 4.68. The minimum Gasteiger partial charge on any atom is -0.378 e. The van der Waals surface area contributed by atoms with Gasteiger partial charge in [-0.2, -0.15) is 0 Å². The maximum absolute atomic E-state index is 12.4. The van der Waals surface area contributed by atoms with E-state index in [0.29, 0.717) is 31.5 Å². The van der Waals surface area contributed by atoms with Gasteiger partial charge < -0.3 is 15.0 Å². The van der Waals surface area contributed by atoms with Crippen molar-refractivity contribution in [3.63, 3.8) is 0 Å². The van der Waals surface area contributed by atoms with Gasteiger partial charge >= 0.3 is 6.03 Å². The third-order valence-corrected chi connectivity index (χ3v) is 5.60. The van der Waals surface area contributed by atoms with Crippen molar-refractivity contribution in [2.24, 2.45) is 0 Å². The number of anilines is 1. The lowest BCUT2D eigenvalue weighted by molar-refractivity contribution is -0.124. The Bertz CT molecular complexity index is 863. The third kappa shape index (κ3) is 3.83. The molecular formula is C18H22N6O3S. The predicted octanol–water partition coefficient (Wildman–Crippen LogP) is 1.06. The number of imide groups is 1. The van der Waals surface area contributed by atoms with Crippen LogP contribution in [0.15, 0.2) is 29.4 Å². The Labute approximate surface area is 167 Å². The van der Waals surface area contributed by atoms with Gasteiger partial charge in [-0.25, -0.2) is 4.79 Å². The molecule has 2 aromatic rings. The normalized spacial score (nSPS) is 17.1. The molecule has 0 bridgehead atoms. The molecule has 4 rings (SSSR count). The SMILES string of the molecule is Cc1ccc(-n2c(SCC(=O)N3CCNC3=O)nnc2N2CCOCC2)cc1. The first-order valence-corrected chi connectivity index (χ1v) is 10.2. The molecule has 1 aromatic carbocycles. The molecule has 0 radical (unpaired) electrons. The molecule has 28 heavy (non-hydrogen) atoms. The molecule has 2 aliphatic rings. The minimum atomic E-state index is -0.334. The average molecular weight is 402 g/mol. The number of benzene rings is 1. The number of aromatic nitrogens is 3. The number of thioether (sulfide) groups is 1. The summed E-state index contributed by atoms with van der Waals surface area (Å²) < 4.78 is 7.41. The predicted molar refractivity (Wildman–Crippen MR) is 105 cm³/mol. The highest BCUT2D eigenvalue weighted by atomic mass is 32.2. The first-order valence-electron chi connectivity index (χ1n) is 9.19. The van der Waals surface area contributed by atoms with Crippen LogP contribution in [0.3, 0.4) is 0 Å². The first-order chi connectivity index (χ1) is 13.6. The number of nitrogens with zero attached hydrogens (tertiary/aromatic N) is 5. The van der Waals surface area contributed by atoms with Crippen molar-refractivity contribution in [1.82, 2.24) is 25.0 Å². The summed E-state index contributed by atoms with van der Waals surface area (Å²) in [5, 5.41) is 12.0. The van der Waals surface area contributed by atoms with Crippen molar-refractivity contribution < 1.29 is 14.3 Å². The van der Waals surface area contributed by atoms with Crippen molar-refractivity contribution in [2.45, 2.75) is 12.1 Å². The summed E-state index contributed by atoms with van der Waals surface area (Å²) >= 11 is 1.29. The summed E-state index contributed by atoms with van der Waals surface area (Å²) in [6, 6.07) is 7.77. The molecule has 148 valence electrons. The molecule has 2 fully saturated rings. The monoisotopic (exact) mass is 402 g/mol. The van der Waals surface area contributed by atoms with Gasteiger partial charge in [-0.3, -0.25) is 14.3 Å². The van der Waals surface area contributed by atoms with Gasteiger partial charge in [0.15, 0.2) is 5.16 Å². The van der Waals surface area contributed by atoms with Crippen molar-refractivity contribution in [2.75, 3.05) is 50.0 Å². The number of hydrogen-bond acceptors (Lipinski definition) is 7. The van der Waals surface area contributed by atoms with Gasteiger partial charge in [0.1, 0.15) is 0 Å². The number of hydrogen-bond donors (Lipinski definition) is 1. The molecule has 0 saturated carbocycles. The van der Waals surface area contributed by atoms with Crippen molar-refractivity contribution in [3.05, 3.63) is 29.8 Å². The summed E-state index contributed by atoms with van der Waals surface area (Å²) in [6.45, 7) is 5.70. The van der Waals surface area contributed by atoms with Gasteiger partial charge in [0.05, 0.1) is 24.7 Å². The number of carbonyl (C=O) groups is 2. The van der Waals surface area contributed by atoms with E-state index in [9.17, 15) is 9.59 Å². The van der Waals surface area contributed by atoms with Crippen LogP contribution < -0.4 is 10.2 Å². The molecule has 2 saturated heterocycles. The van der Waals surface area contributed by atoms with Crippen LogP contribution in [0.2, 0.25) is 0 Å². The van der Waals surface area contributed by atoms with Crippen LogP contribution in [-0.2, 0) is 9.53 Å². The average Bonchev–Trinajstić information content (AvgIpc) is 3.34. The highest BCUT2D eigenvalue weighted by Gasteiger charge is 2.27. The molecule has 10 heteroatoms. The molecule has 1 aromatic heterocycles. The van der Waals surface area contributed by atoms with Gasteiger partial charge in [-0.1, -0.05) is 29.5 Å². The fourth-order valence-electron chi connectivity index (χ4n) is 3.16. The standard InChI is InChI=1S/C18H22N6O3S/c1-13-2-4-14(5-3-13)24-16(22-8-10-27-11-9-22)20-21-18(24)28-12-15(25)23-7-6-19-17(23)26/h2-5H,6-12H2,1H3,(H,19,26). The Morgan fingerprint density at radius 1 is 1.18 bits per heavy atom. The lowest BCUT2D eigenvalue weighted by Gasteiger charge is -2.28. The molecule has 3 amide bonds. The molecule has 0 aliphatic carbocycles.